The Morgan fingerprint density at radius 2 is 2.10 bits per heavy atom. The summed E-state index contributed by atoms with van der Waals surface area (Å²) >= 11 is 0. The molecule has 0 saturated carbocycles. The summed E-state index contributed by atoms with van der Waals surface area (Å²) in [6.07, 6.45) is -1.35. The van der Waals surface area contributed by atoms with Gasteiger partial charge in [0.05, 0.1) is 6.54 Å². The van der Waals surface area contributed by atoms with Crippen LogP contribution in [0.3, 0.4) is 0 Å². The molecule has 114 valence electrons. The van der Waals surface area contributed by atoms with Gasteiger partial charge in [-0.25, -0.2) is 4.98 Å². The zero-order valence-corrected chi connectivity index (χ0v) is 11.7. The number of nitrogens with one attached hydrogen (secondary N) is 1. The van der Waals surface area contributed by atoms with Crippen LogP contribution in [0.4, 0.5) is 18.9 Å². The Labute approximate surface area is 120 Å². The molecule has 7 heteroatoms. The van der Waals surface area contributed by atoms with Gasteiger partial charge in [-0.15, -0.1) is 13.2 Å². The first-order valence-electron chi connectivity index (χ1n) is 6.46. The lowest BCUT2D eigenvalue weighted by atomic mass is 10.2. The zero-order chi connectivity index (χ0) is 15.5. The van der Waals surface area contributed by atoms with Crippen LogP contribution in [0.25, 0.3) is 0 Å². The van der Waals surface area contributed by atoms with Crippen LogP contribution in [0.1, 0.15) is 19.7 Å². The molecule has 0 bridgehead atoms. The summed E-state index contributed by atoms with van der Waals surface area (Å²) in [5, 5.41) is 0. The van der Waals surface area contributed by atoms with E-state index in [1.54, 1.807) is 18.5 Å². The van der Waals surface area contributed by atoms with E-state index in [1.807, 2.05) is 18.7 Å². The first-order chi connectivity index (χ1) is 9.85. The number of hydrogen-bond donors (Lipinski definition) is 1. The van der Waals surface area contributed by atoms with Gasteiger partial charge >= 0.3 is 6.36 Å². The van der Waals surface area contributed by atoms with Crippen LogP contribution in [0.15, 0.2) is 36.7 Å². The average molecular weight is 299 g/mol. The average Bonchev–Trinajstić information content (AvgIpc) is 2.86. The van der Waals surface area contributed by atoms with Gasteiger partial charge in [0.25, 0.3) is 0 Å². The molecule has 4 nitrogen and oxygen atoms in total. The third-order valence-corrected chi connectivity index (χ3v) is 2.88. The summed E-state index contributed by atoms with van der Waals surface area (Å²) in [6, 6.07) is 6.02. The smallest absolute Gasteiger partial charge is 0.406 e. The molecule has 1 aromatic heterocycles. The van der Waals surface area contributed by atoms with E-state index in [-0.39, 0.29) is 11.8 Å². The van der Waals surface area contributed by atoms with Crippen LogP contribution in [0.5, 0.6) is 5.75 Å². The first kappa shape index (κ1) is 15.2. The first-order valence-corrected chi connectivity index (χ1v) is 6.46. The maximum absolute atomic E-state index is 12.3. The summed E-state index contributed by atoms with van der Waals surface area (Å²) in [5.41, 5.74) is 0.642. The van der Waals surface area contributed by atoms with Gasteiger partial charge in [0.1, 0.15) is 11.6 Å². The Morgan fingerprint density at radius 1 is 1.33 bits per heavy atom. The third kappa shape index (κ3) is 4.40. The summed E-state index contributed by atoms with van der Waals surface area (Å²) in [6.45, 7) is 4.39. The van der Waals surface area contributed by atoms with Crippen molar-refractivity contribution >= 4 is 5.69 Å². The predicted octanol–water partition coefficient (Wildman–Crippen LogP) is 3.72. The zero-order valence-electron chi connectivity index (χ0n) is 11.7. The quantitative estimate of drug-likeness (QED) is 0.914. The fourth-order valence-electron chi connectivity index (χ4n) is 1.98. The lowest BCUT2D eigenvalue weighted by Gasteiger charge is -2.28. The van der Waals surface area contributed by atoms with E-state index in [1.165, 1.54) is 18.2 Å². The molecule has 0 amide bonds. The fourth-order valence-corrected chi connectivity index (χ4v) is 1.98. The number of ether oxygens (including phenoxy) is 1. The number of anilines is 1. The Morgan fingerprint density at radius 3 is 2.67 bits per heavy atom. The van der Waals surface area contributed by atoms with Crippen LogP contribution < -0.4 is 9.64 Å². The normalized spacial score (nSPS) is 11.7. The fraction of sp³-hybridized carbons (Fsp3) is 0.357. The number of imidazole rings is 1. The highest BCUT2D eigenvalue weighted by Crippen LogP contribution is 2.28. The molecule has 21 heavy (non-hydrogen) atoms. The molecule has 0 atom stereocenters. The number of rotatable bonds is 5. The van der Waals surface area contributed by atoms with Crippen molar-refractivity contribution in [3.05, 3.63) is 42.5 Å². The number of H-pyrrole nitrogens is 1. The van der Waals surface area contributed by atoms with Gasteiger partial charge in [-0.05, 0) is 26.0 Å². The third-order valence-electron chi connectivity index (χ3n) is 2.88. The number of aromatic amines is 1. The highest BCUT2D eigenvalue weighted by Gasteiger charge is 2.31. The molecule has 1 N–H and O–H groups in total. The van der Waals surface area contributed by atoms with Crippen molar-refractivity contribution in [2.24, 2.45) is 0 Å². The molecule has 2 aromatic rings. The van der Waals surface area contributed by atoms with Gasteiger partial charge in [-0.1, -0.05) is 6.07 Å². The van der Waals surface area contributed by atoms with Crippen molar-refractivity contribution in [1.29, 1.82) is 0 Å². The van der Waals surface area contributed by atoms with Crippen LogP contribution in [-0.2, 0) is 6.54 Å². The maximum atomic E-state index is 12.3. The Balaban J connectivity index is 2.22. The second-order valence-electron chi connectivity index (χ2n) is 4.80. The van der Waals surface area contributed by atoms with Crippen molar-refractivity contribution < 1.29 is 17.9 Å². The Bertz CT molecular complexity index is 567. The van der Waals surface area contributed by atoms with Gasteiger partial charge < -0.3 is 14.6 Å². The number of halogens is 3. The van der Waals surface area contributed by atoms with E-state index in [2.05, 4.69) is 14.7 Å². The molecule has 1 aromatic carbocycles. The molecule has 2 rings (SSSR count). The molecule has 0 aliphatic carbocycles. The largest absolute Gasteiger partial charge is 0.573 e. The molecule has 1 heterocycles. The van der Waals surface area contributed by atoms with Gasteiger partial charge in [-0.2, -0.15) is 0 Å². The molecule has 0 aliphatic rings. The molecule has 0 saturated heterocycles. The van der Waals surface area contributed by atoms with E-state index in [9.17, 15) is 13.2 Å². The molecular formula is C14H16F3N3O. The van der Waals surface area contributed by atoms with E-state index < -0.39 is 6.36 Å². The minimum Gasteiger partial charge on any atom is -0.406 e. The van der Waals surface area contributed by atoms with E-state index in [0.717, 1.165) is 5.82 Å². The van der Waals surface area contributed by atoms with Crippen molar-refractivity contribution in [2.45, 2.75) is 32.8 Å². The number of nitrogens with zero attached hydrogens (tertiary/aromatic N) is 2. The van der Waals surface area contributed by atoms with E-state index >= 15 is 0 Å². The van der Waals surface area contributed by atoms with Crippen molar-refractivity contribution in [1.82, 2.24) is 9.97 Å². The second-order valence-corrected chi connectivity index (χ2v) is 4.80. The summed E-state index contributed by atoms with van der Waals surface area (Å²) in [4.78, 5) is 9.05. The van der Waals surface area contributed by atoms with Gasteiger partial charge in [0, 0.05) is 30.2 Å². The van der Waals surface area contributed by atoms with Gasteiger partial charge in [0.15, 0.2) is 0 Å². The summed E-state index contributed by atoms with van der Waals surface area (Å²) in [5.74, 6) is 0.510. The molecule has 0 radical (unpaired) electrons. The minimum atomic E-state index is -4.69. The molecule has 0 spiro atoms. The van der Waals surface area contributed by atoms with Gasteiger partial charge in [-0.3, -0.25) is 0 Å². The number of benzene rings is 1. The number of hydrogen-bond acceptors (Lipinski definition) is 3. The van der Waals surface area contributed by atoms with E-state index in [0.29, 0.717) is 12.2 Å². The molecule has 0 aliphatic heterocycles. The SMILES string of the molecule is CC(C)N(Cc1ncc[nH]1)c1cccc(OC(F)(F)F)c1. The molecular weight excluding hydrogens is 283 g/mol. The highest BCUT2D eigenvalue weighted by atomic mass is 19.4. The number of aromatic nitrogens is 2. The molecule has 0 fully saturated rings. The summed E-state index contributed by atoms with van der Waals surface area (Å²) in [7, 11) is 0. The monoisotopic (exact) mass is 299 g/mol. The maximum Gasteiger partial charge on any atom is 0.573 e. The Kier molecular flexibility index (Phi) is 4.40. The predicted molar refractivity (Wildman–Crippen MR) is 73.0 cm³/mol. The summed E-state index contributed by atoms with van der Waals surface area (Å²) < 4.78 is 40.8. The lowest BCUT2D eigenvalue weighted by molar-refractivity contribution is -0.274. The topological polar surface area (TPSA) is 41.2 Å². The number of alkyl halides is 3. The van der Waals surface area contributed by atoms with Gasteiger partial charge in [0.2, 0.25) is 0 Å². The van der Waals surface area contributed by atoms with Crippen LogP contribution in [0, 0.1) is 0 Å². The lowest BCUT2D eigenvalue weighted by Crippen LogP contribution is -2.30. The second kappa shape index (κ2) is 6.07. The van der Waals surface area contributed by atoms with Crippen molar-refractivity contribution in [3.8, 4) is 5.75 Å². The standard InChI is InChI=1S/C14H16F3N3O/c1-10(2)20(9-13-18-6-7-19-13)11-4-3-5-12(8-11)21-14(15,16)17/h3-8,10H,9H2,1-2H3,(H,18,19). The van der Waals surface area contributed by atoms with Crippen LogP contribution in [0.2, 0.25) is 0 Å². The molecule has 0 unspecified atom stereocenters. The van der Waals surface area contributed by atoms with Crippen molar-refractivity contribution in [2.75, 3.05) is 4.90 Å². The Hall–Kier alpha value is -2.18. The minimum absolute atomic E-state index is 0.0937. The van der Waals surface area contributed by atoms with Crippen LogP contribution >= 0.6 is 0 Å². The van der Waals surface area contributed by atoms with Crippen molar-refractivity contribution in [3.63, 3.8) is 0 Å². The highest BCUT2D eigenvalue weighted by molar-refractivity contribution is 5.51. The van der Waals surface area contributed by atoms with E-state index in [4.69, 9.17) is 0 Å². The van der Waals surface area contributed by atoms with Crippen LogP contribution in [-0.4, -0.2) is 22.4 Å².